The molecule has 0 amide bonds. The van der Waals surface area contributed by atoms with Crippen molar-refractivity contribution < 1.29 is 21.9 Å². The quantitative estimate of drug-likeness (QED) is 0.483. The summed E-state index contributed by atoms with van der Waals surface area (Å²) >= 11 is 0. The summed E-state index contributed by atoms with van der Waals surface area (Å²) in [4.78, 5) is 19.9. The third-order valence-corrected chi connectivity index (χ3v) is 8.99. The lowest BCUT2D eigenvalue weighted by atomic mass is 10.2. The minimum absolute atomic E-state index is 0.0125. The zero-order valence-corrected chi connectivity index (χ0v) is 21.3. The average Bonchev–Trinajstić information content (AvgIpc) is 3.27. The Labute approximate surface area is 213 Å². The van der Waals surface area contributed by atoms with Gasteiger partial charge >= 0.3 is 5.56 Å². The molecule has 5 rings (SSSR count). The molecule has 37 heavy (non-hydrogen) atoms. The van der Waals surface area contributed by atoms with E-state index in [1.54, 1.807) is 26.1 Å². The van der Waals surface area contributed by atoms with Gasteiger partial charge in [0, 0.05) is 49.7 Å². The van der Waals surface area contributed by atoms with Crippen molar-refractivity contribution in [3.63, 3.8) is 0 Å². The Morgan fingerprint density at radius 3 is 2.46 bits per heavy atom. The summed E-state index contributed by atoms with van der Waals surface area (Å²) < 4.78 is 61.7. The van der Waals surface area contributed by atoms with Gasteiger partial charge in [-0.15, -0.1) is 0 Å². The van der Waals surface area contributed by atoms with Gasteiger partial charge in [-0.1, -0.05) is 6.07 Å². The summed E-state index contributed by atoms with van der Waals surface area (Å²) in [5.74, 6) is -1.69. The van der Waals surface area contributed by atoms with Crippen molar-refractivity contribution in [1.29, 1.82) is 0 Å². The number of aryl methyl sites for hydroxylation is 1. The minimum atomic E-state index is -3.41. The van der Waals surface area contributed by atoms with Crippen LogP contribution >= 0.6 is 0 Å². The van der Waals surface area contributed by atoms with Crippen LogP contribution in [-0.2, 0) is 16.4 Å². The number of ether oxygens (including phenoxy) is 1. The number of sulfonamides is 1. The van der Waals surface area contributed by atoms with Crippen molar-refractivity contribution in [3.8, 4) is 11.4 Å². The lowest BCUT2D eigenvalue weighted by Crippen LogP contribution is -2.50. The molecule has 12 heteroatoms. The number of hydrogen-bond acceptors (Lipinski definition) is 7. The Morgan fingerprint density at radius 1 is 1.08 bits per heavy atom. The van der Waals surface area contributed by atoms with Crippen LogP contribution in [0.25, 0.3) is 5.69 Å². The molecule has 196 valence electrons. The molecule has 1 saturated heterocycles. The maximum Gasteiger partial charge on any atom is 0.316 e. The fraction of sp³-hybridized carbons (Fsp3) is 0.400. The topological polar surface area (TPSA) is 97.6 Å². The van der Waals surface area contributed by atoms with E-state index in [1.807, 2.05) is 11.0 Å². The first-order chi connectivity index (χ1) is 17.6. The van der Waals surface area contributed by atoms with Crippen LogP contribution in [0.4, 0.5) is 14.5 Å². The van der Waals surface area contributed by atoms with E-state index in [-0.39, 0.29) is 24.5 Å². The van der Waals surface area contributed by atoms with E-state index in [9.17, 15) is 22.0 Å². The van der Waals surface area contributed by atoms with Crippen LogP contribution < -0.4 is 15.2 Å². The molecule has 3 aromatic rings. The third kappa shape index (κ3) is 4.82. The highest BCUT2D eigenvalue weighted by Gasteiger charge is 2.33. The number of piperazine rings is 1. The molecular formula is C25H27F2N5O4S. The predicted octanol–water partition coefficient (Wildman–Crippen LogP) is 2.83. The number of nitrogens with zero attached hydrogens (tertiary/aromatic N) is 5. The predicted molar refractivity (Wildman–Crippen MR) is 134 cm³/mol. The molecule has 1 aliphatic carbocycles. The Balaban J connectivity index is 1.52. The first-order valence-corrected chi connectivity index (χ1v) is 13.6. The van der Waals surface area contributed by atoms with Crippen LogP contribution in [0, 0.1) is 11.6 Å². The van der Waals surface area contributed by atoms with E-state index in [1.165, 1.54) is 10.5 Å². The van der Waals surface area contributed by atoms with Crippen molar-refractivity contribution >= 4 is 15.7 Å². The number of anilines is 1. The van der Waals surface area contributed by atoms with Gasteiger partial charge in [0.1, 0.15) is 23.4 Å². The molecule has 1 fully saturated rings. The average molecular weight is 532 g/mol. The standard InChI is InChI=1S/C25H27F2N5O4S/c1-16(2)37(34,35)31-10-8-30(9-11-31)22-15-29-32(19-13-17(26)12-18(27)14-19)25(33)24(22)36-23-6-5-21-20(23)4-3-7-28-21/h3-4,7,12-16,23H,5-6,8-11H2,1-2H3. The van der Waals surface area contributed by atoms with E-state index in [0.29, 0.717) is 37.7 Å². The lowest BCUT2D eigenvalue weighted by molar-refractivity contribution is 0.203. The summed E-state index contributed by atoms with van der Waals surface area (Å²) in [6, 6.07) is 6.46. The number of halogens is 2. The van der Waals surface area contributed by atoms with Crippen LogP contribution in [0.3, 0.4) is 0 Å². The highest BCUT2D eigenvalue weighted by atomic mass is 32.2. The van der Waals surface area contributed by atoms with Crippen molar-refractivity contribution in [2.45, 2.75) is 38.0 Å². The number of hydrogen-bond donors (Lipinski definition) is 0. The largest absolute Gasteiger partial charge is 0.478 e. The maximum absolute atomic E-state index is 13.9. The van der Waals surface area contributed by atoms with Gasteiger partial charge in [-0.3, -0.25) is 9.78 Å². The highest BCUT2D eigenvalue weighted by molar-refractivity contribution is 7.89. The zero-order chi connectivity index (χ0) is 26.3. The molecule has 1 unspecified atom stereocenters. The normalized spacial score (nSPS) is 18.3. The molecule has 9 nitrogen and oxygen atoms in total. The van der Waals surface area contributed by atoms with Gasteiger partial charge in [0.05, 0.1) is 17.1 Å². The van der Waals surface area contributed by atoms with Crippen LogP contribution in [0.5, 0.6) is 5.75 Å². The van der Waals surface area contributed by atoms with E-state index < -0.39 is 38.6 Å². The molecular weight excluding hydrogens is 504 g/mol. The SMILES string of the molecule is CC(C)S(=O)(=O)N1CCN(c2cnn(-c3cc(F)cc(F)c3)c(=O)c2OC2CCc3ncccc32)CC1. The number of fused-ring (bicyclic) bond motifs is 1. The number of rotatable bonds is 6. The lowest BCUT2D eigenvalue weighted by Gasteiger charge is -2.36. The summed E-state index contributed by atoms with van der Waals surface area (Å²) in [6.45, 7) is 4.42. The second kappa shape index (κ2) is 9.82. The minimum Gasteiger partial charge on any atom is -0.478 e. The van der Waals surface area contributed by atoms with Gasteiger partial charge in [-0.2, -0.15) is 14.1 Å². The zero-order valence-electron chi connectivity index (χ0n) is 20.5. The summed E-state index contributed by atoms with van der Waals surface area (Å²) in [5.41, 5.74) is 1.43. The van der Waals surface area contributed by atoms with Gasteiger partial charge in [-0.25, -0.2) is 17.2 Å². The maximum atomic E-state index is 13.9. The van der Waals surface area contributed by atoms with Gasteiger partial charge in [0.2, 0.25) is 15.8 Å². The van der Waals surface area contributed by atoms with Gasteiger partial charge < -0.3 is 9.64 Å². The van der Waals surface area contributed by atoms with Crippen LogP contribution in [0.2, 0.25) is 0 Å². The molecule has 0 spiro atoms. The molecule has 2 aromatic heterocycles. The molecule has 1 aromatic carbocycles. The van der Waals surface area contributed by atoms with E-state index in [2.05, 4.69) is 10.1 Å². The fourth-order valence-corrected chi connectivity index (χ4v) is 6.00. The Hall–Kier alpha value is -3.38. The molecule has 1 aliphatic heterocycles. The molecule has 0 bridgehead atoms. The number of benzene rings is 1. The van der Waals surface area contributed by atoms with Crippen LogP contribution in [-0.4, -0.2) is 58.9 Å². The van der Waals surface area contributed by atoms with Crippen molar-refractivity contribution in [3.05, 3.63) is 76.0 Å². The summed E-state index contributed by atoms with van der Waals surface area (Å²) in [6.07, 6.45) is 4.00. The molecule has 0 saturated carbocycles. The van der Waals surface area contributed by atoms with Crippen LogP contribution in [0.1, 0.15) is 37.6 Å². The molecule has 2 aliphatic rings. The van der Waals surface area contributed by atoms with E-state index in [4.69, 9.17) is 4.74 Å². The van der Waals surface area contributed by atoms with Gasteiger partial charge in [0.15, 0.2) is 0 Å². The van der Waals surface area contributed by atoms with Crippen molar-refractivity contribution in [2.24, 2.45) is 0 Å². The number of pyridine rings is 1. The first-order valence-electron chi connectivity index (χ1n) is 12.1. The number of aromatic nitrogens is 3. The van der Waals surface area contributed by atoms with Crippen molar-refractivity contribution in [1.82, 2.24) is 19.1 Å². The third-order valence-electron chi connectivity index (χ3n) is 6.72. The fourth-order valence-electron chi connectivity index (χ4n) is 4.73. The highest BCUT2D eigenvalue weighted by Crippen LogP contribution is 2.36. The van der Waals surface area contributed by atoms with Crippen molar-refractivity contribution in [2.75, 3.05) is 31.1 Å². The van der Waals surface area contributed by atoms with Crippen LogP contribution in [0.15, 0.2) is 47.5 Å². The Morgan fingerprint density at radius 2 is 1.78 bits per heavy atom. The monoisotopic (exact) mass is 531 g/mol. The van der Waals surface area contributed by atoms with Gasteiger partial charge in [0.25, 0.3) is 0 Å². The summed E-state index contributed by atoms with van der Waals surface area (Å²) in [7, 11) is -3.41. The molecule has 0 radical (unpaired) electrons. The Kier molecular flexibility index (Phi) is 6.71. The second-order valence-electron chi connectivity index (χ2n) is 9.37. The Bertz CT molecular complexity index is 1470. The first kappa shape index (κ1) is 25.3. The molecule has 3 heterocycles. The van der Waals surface area contributed by atoms with E-state index >= 15 is 0 Å². The molecule has 0 N–H and O–H groups in total. The second-order valence-corrected chi connectivity index (χ2v) is 11.9. The molecule has 1 atom stereocenters. The van der Waals surface area contributed by atoms with E-state index in [0.717, 1.165) is 28.1 Å². The summed E-state index contributed by atoms with van der Waals surface area (Å²) in [5, 5.41) is 3.65. The van der Waals surface area contributed by atoms with Gasteiger partial charge in [-0.05, 0) is 44.9 Å². The smallest absolute Gasteiger partial charge is 0.316 e.